The number of nitrogens with one attached hydrogen (secondary N) is 1. The van der Waals surface area contributed by atoms with Crippen LogP contribution in [0.2, 0.25) is 0 Å². The Balaban J connectivity index is 2.45. The lowest BCUT2D eigenvalue weighted by Gasteiger charge is -2.22. The number of rotatable bonds is 1. The van der Waals surface area contributed by atoms with Gasteiger partial charge in [-0.3, -0.25) is 9.59 Å². The Bertz CT molecular complexity index is 456. The minimum Gasteiger partial charge on any atom is -0.324 e. The van der Waals surface area contributed by atoms with Gasteiger partial charge in [0.15, 0.2) is 0 Å². The average Bonchev–Trinajstić information content (AvgIpc) is 2.47. The third kappa shape index (κ3) is 2.16. The summed E-state index contributed by atoms with van der Waals surface area (Å²) in [5.74, 6) is -0.192. The lowest BCUT2D eigenvalue weighted by molar-refractivity contribution is -0.119. The molecule has 17 heavy (non-hydrogen) atoms. The van der Waals surface area contributed by atoms with E-state index in [4.69, 9.17) is 0 Å². The molecule has 4 heteroatoms. The highest BCUT2D eigenvalue weighted by atomic mass is 16.2. The molecule has 90 valence electrons. The SMILES string of the molecule is CCC(=O)N1C[C@H](C)C(=O)Nc2ccccc21. The Labute approximate surface area is 101 Å². The first-order chi connectivity index (χ1) is 8.13. The van der Waals surface area contributed by atoms with Crippen LogP contribution in [-0.4, -0.2) is 18.4 Å². The van der Waals surface area contributed by atoms with Crippen LogP contribution in [0.15, 0.2) is 24.3 Å². The Hall–Kier alpha value is -1.84. The molecule has 1 aliphatic rings. The number of amides is 2. The lowest BCUT2D eigenvalue weighted by atomic mass is 10.1. The Kier molecular flexibility index (Phi) is 3.13. The molecule has 0 bridgehead atoms. The molecule has 0 fully saturated rings. The van der Waals surface area contributed by atoms with Gasteiger partial charge < -0.3 is 10.2 Å². The Morgan fingerprint density at radius 1 is 1.47 bits per heavy atom. The van der Waals surface area contributed by atoms with Gasteiger partial charge >= 0.3 is 0 Å². The fraction of sp³-hybridized carbons (Fsp3) is 0.385. The molecule has 0 saturated heterocycles. The standard InChI is InChI=1S/C13H16N2O2/c1-3-12(16)15-8-9(2)13(17)14-10-6-4-5-7-11(10)15/h4-7,9H,3,8H2,1-2H3,(H,14,17)/t9-/m0/s1. The van der Waals surface area contributed by atoms with E-state index >= 15 is 0 Å². The number of para-hydroxylation sites is 2. The summed E-state index contributed by atoms with van der Waals surface area (Å²) in [6.45, 7) is 4.10. The summed E-state index contributed by atoms with van der Waals surface area (Å²) in [4.78, 5) is 25.4. The lowest BCUT2D eigenvalue weighted by Crippen LogP contribution is -2.35. The molecule has 1 heterocycles. The number of nitrogens with zero attached hydrogens (tertiary/aromatic N) is 1. The predicted octanol–water partition coefficient (Wildman–Crippen LogP) is 2.02. The quantitative estimate of drug-likeness (QED) is 0.805. The largest absolute Gasteiger partial charge is 0.324 e. The molecule has 4 nitrogen and oxygen atoms in total. The number of carbonyl (C=O) groups is 2. The van der Waals surface area contributed by atoms with Crippen molar-refractivity contribution in [2.45, 2.75) is 20.3 Å². The maximum absolute atomic E-state index is 11.9. The van der Waals surface area contributed by atoms with Gasteiger partial charge in [-0.15, -0.1) is 0 Å². The molecular formula is C13H16N2O2. The molecule has 1 aromatic carbocycles. The van der Waals surface area contributed by atoms with Crippen LogP contribution >= 0.6 is 0 Å². The second kappa shape index (κ2) is 4.57. The zero-order valence-corrected chi connectivity index (χ0v) is 10.1. The fourth-order valence-electron chi connectivity index (χ4n) is 1.95. The normalized spacial score (nSPS) is 19.3. The molecule has 0 aliphatic carbocycles. The Morgan fingerprint density at radius 3 is 2.88 bits per heavy atom. The number of fused-ring (bicyclic) bond motifs is 1. The fourth-order valence-corrected chi connectivity index (χ4v) is 1.95. The molecule has 2 amide bonds. The van der Waals surface area contributed by atoms with Crippen molar-refractivity contribution in [2.75, 3.05) is 16.8 Å². The first-order valence-corrected chi connectivity index (χ1v) is 5.83. The van der Waals surface area contributed by atoms with Crippen molar-refractivity contribution in [1.29, 1.82) is 0 Å². The van der Waals surface area contributed by atoms with Crippen LogP contribution in [-0.2, 0) is 9.59 Å². The van der Waals surface area contributed by atoms with E-state index in [1.165, 1.54) is 0 Å². The zero-order chi connectivity index (χ0) is 12.4. The summed E-state index contributed by atoms with van der Waals surface area (Å²) < 4.78 is 0. The van der Waals surface area contributed by atoms with E-state index < -0.39 is 0 Å². The van der Waals surface area contributed by atoms with Gasteiger partial charge in [-0.2, -0.15) is 0 Å². The van der Waals surface area contributed by atoms with Crippen LogP contribution in [0.4, 0.5) is 11.4 Å². The first kappa shape index (κ1) is 11.6. The van der Waals surface area contributed by atoms with Crippen molar-refractivity contribution in [1.82, 2.24) is 0 Å². The topological polar surface area (TPSA) is 49.4 Å². The molecular weight excluding hydrogens is 216 g/mol. The van der Waals surface area contributed by atoms with E-state index in [0.29, 0.717) is 18.7 Å². The highest BCUT2D eigenvalue weighted by molar-refractivity contribution is 6.04. The maximum Gasteiger partial charge on any atom is 0.229 e. The summed E-state index contributed by atoms with van der Waals surface area (Å²) in [5.41, 5.74) is 1.50. The van der Waals surface area contributed by atoms with Gasteiger partial charge in [0.25, 0.3) is 0 Å². The molecule has 0 spiro atoms. The summed E-state index contributed by atoms with van der Waals surface area (Å²) in [6.07, 6.45) is 0.440. The van der Waals surface area contributed by atoms with Crippen LogP contribution in [0, 0.1) is 5.92 Å². The van der Waals surface area contributed by atoms with E-state index in [-0.39, 0.29) is 17.7 Å². The van der Waals surface area contributed by atoms with E-state index in [0.717, 1.165) is 5.69 Å². The van der Waals surface area contributed by atoms with Gasteiger partial charge in [-0.05, 0) is 12.1 Å². The van der Waals surface area contributed by atoms with Crippen molar-refractivity contribution < 1.29 is 9.59 Å². The van der Waals surface area contributed by atoms with Gasteiger partial charge in [-0.25, -0.2) is 0 Å². The average molecular weight is 232 g/mol. The molecule has 1 aromatic rings. The van der Waals surface area contributed by atoms with Crippen molar-refractivity contribution in [3.05, 3.63) is 24.3 Å². The van der Waals surface area contributed by atoms with Gasteiger partial charge in [-0.1, -0.05) is 26.0 Å². The second-order valence-electron chi connectivity index (χ2n) is 4.27. The van der Waals surface area contributed by atoms with E-state index in [1.54, 1.807) is 4.90 Å². The molecule has 0 unspecified atom stereocenters. The minimum atomic E-state index is -0.196. The maximum atomic E-state index is 11.9. The number of carbonyl (C=O) groups excluding carboxylic acids is 2. The van der Waals surface area contributed by atoms with Crippen LogP contribution in [0.25, 0.3) is 0 Å². The van der Waals surface area contributed by atoms with Gasteiger partial charge in [0, 0.05) is 13.0 Å². The van der Waals surface area contributed by atoms with Crippen molar-refractivity contribution in [2.24, 2.45) is 5.92 Å². The van der Waals surface area contributed by atoms with Crippen molar-refractivity contribution >= 4 is 23.2 Å². The first-order valence-electron chi connectivity index (χ1n) is 5.83. The van der Waals surface area contributed by atoms with Gasteiger partial charge in [0.1, 0.15) is 0 Å². The van der Waals surface area contributed by atoms with Gasteiger partial charge in [0.05, 0.1) is 17.3 Å². The van der Waals surface area contributed by atoms with Crippen LogP contribution in [0.5, 0.6) is 0 Å². The molecule has 1 aliphatic heterocycles. The molecule has 2 rings (SSSR count). The summed E-state index contributed by atoms with van der Waals surface area (Å²) >= 11 is 0. The number of anilines is 2. The number of benzene rings is 1. The smallest absolute Gasteiger partial charge is 0.229 e. The highest BCUT2D eigenvalue weighted by Crippen LogP contribution is 2.30. The van der Waals surface area contributed by atoms with Gasteiger partial charge in [0.2, 0.25) is 11.8 Å². The predicted molar refractivity (Wildman–Crippen MR) is 66.9 cm³/mol. The Morgan fingerprint density at radius 2 is 2.18 bits per heavy atom. The minimum absolute atomic E-state index is 0.0381. The number of hydrogen-bond donors (Lipinski definition) is 1. The molecule has 0 saturated carbocycles. The highest BCUT2D eigenvalue weighted by Gasteiger charge is 2.27. The monoisotopic (exact) mass is 232 g/mol. The summed E-state index contributed by atoms with van der Waals surface area (Å²) in [5, 5.41) is 2.85. The van der Waals surface area contributed by atoms with Crippen LogP contribution in [0.3, 0.4) is 0 Å². The zero-order valence-electron chi connectivity index (χ0n) is 10.1. The van der Waals surface area contributed by atoms with Crippen molar-refractivity contribution in [3.8, 4) is 0 Å². The second-order valence-corrected chi connectivity index (χ2v) is 4.27. The van der Waals surface area contributed by atoms with E-state index in [9.17, 15) is 9.59 Å². The van der Waals surface area contributed by atoms with E-state index in [2.05, 4.69) is 5.32 Å². The summed E-state index contributed by atoms with van der Waals surface area (Å²) in [7, 11) is 0. The summed E-state index contributed by atoms with van der Waals surface area (Å²) in [6, 6.07) is 7.41. The van der Waals surface area contributed by atoms with E-state index in [1.807, 2.05) is 38.1 Å². The third-order valence-electron chi connectivity index (χ3n) is 2.96. The number of hydrogen-bond acceptors (Lipinski definition) is 2. The third-order valence-corrected chi connectivity index (χ3v) is 2.96. The molecule has 1 atom stereocenters. The molecule has 0 aromatic heterocycles. The molecule has 0 radical (unpaired) electrons. The molecule has 1 N–H and O–H groups in total. The van der Waals surface area contributed by atoms with Crippen LogP contribution in [0.1, 0.15) is 20.3 Å². The van der Waals surface area contributed by atoms with Crippen molar-refractivity contribution in [3.63, 3.8) is 0 Å². The van der Waals surface area contributed by atoms with Crippen LogP contribution < -0.4 is 10.2 Å².